The zero-order valence-electron chi connectivity index (χ0n) is 22.7. The minimum Gasteiger partial charge on any atom is -0.497 e. The van der Waals surface area contributed by atoms with Gasteiger partial charge in [0, 0.05) is 13.1 Å². The van der Waals surface area contributed by atoms with Crippen LogP contribution in [-0.4, -0.2) is 58.0 Å². The number of benzene rings is 3. The van der Waals surface area contributed by atoms with Gasteiger partial charge in [-0.1, -0.05) is 42.5 Å². The van der Waals surface area contributed by atoms with Gasteiger partial charge >= 0.3 is 0 Å². The zero-order valence-corrected chi connectivity index (χ0v) is 23.5. The highest BCUT2D eigenvalue weighted by molar-refractivity contribution is 7.92. The lowest BCUT2D eigenvalue weighted by Gasteiger charge is -2.32. The summed E-state index contributed by atoms with van der Waals surface area (Å²) in [5.41, 5.74) is 0.985. The highest BCUT2D eigenvalue weighted by atomic mass is 32.2. The van der Waals surface area contributed by atoms with Gasteiger partial charge in [0.1, 0.15) is 24.1 Å². The summed E-state index contributed by atoms with van der Waals surface area (Å²) in [6.45, 7) is 5.46. The normalized spacial score (nSPS) is 11.8. The Morgan fingerprint density at radius 3 is 2.18 bits per heavy atom. The maximum atomic E-state index is 13.9. The molecule has 9 nitrogen and oxygen atoms in total. The minimum atomic E-state index is -4.17. The Bertz CT molecular complexity index is 1350. The quantitative estimate of drug-likeness (QED) is 0.345. The SMILES string of the molecule is CCNC(=O)[C@H](C)N(Cc1ccc(OC)cc1)C(=O)CN(c1ccccc1OCC)S(=O)(=O)c1ccccc1. The molecular weight excluding hydrogens is 518 g/mol. The maximum Gasteiger partial charge on any atom is 0.264 e. The van der Waals surface area contributed by atoms with Crippen LogP contribution >= 0.6 is 0 Å². The number of amides is 2. The highest BCUT2D eigenvalue weighted by Gasteiger charge is 2.33. The molecule has 1 atom stereocenters. The summed E-state index contributed by atoms with van der Waals surface area (Å²) in [7, 11) is -2.61. The number of ether oxygens (including phenoxy) is 2. The van der Waals surface area contributed by atoms with E-state index in [0.29, 0.717) is 24.7 Å². The molecule has 0 radical (unpaired) electrons. The molecule has 0 aromatic heterocycles. The van der Waals surface area contributed by atoms with Crippen LogP contribution in [0.4, 0.5) is 5.69 Å². The summed E-state index contributed by atoms with van der Waals surface area (Å²) in [4.78, 5) is 28.2. The predicted molar refractivity (Wildman–Crippen MR) is 150 cm³/mol. The lowest BCUT2D eigenvalue weighted by atomic mass is 10.1. The van der Waals surface area contributed by atoms with E-state index in [9.17, 15) is 18.0 Å². The van der Waals surface area contributed by atoms with Crippen molar-refractivity contribution in [3.8, 4) is 11.5 Å². The molecule has 0 aliphatic rings. The third-order valence-corrected chi connectivity index (χ3v) is 7.85. The lowest BCUT2D eigenvalue weighted by molar-refractivity contribution is -0.139. The molecule has 0 aliphatic heterocycles. The Hall–Kier alpha value is -4.05. The number of carbonyl (C=O) groups excluding carboxylic acids is 2. The molecule has 3 aromatic carbocycles. The Morgan fingerprint density at radius 1 is 0.923 bits per heavy atom. The average molecular weight is 554 g/mol. The topological polar surface area (TPSA) is 105 Å². The molecule has 1 N–H and O–H groups in total. The Morgan fingerprint density at radius 2 is 1.56 bits per heavy atom. The van der Waals surface area contributed by atoms with Crippen LogP contribution in [0.3, 0.4) is 0 Å². The third kappa shape index (κ3) is 7.29. The van der Waals surface area contributed by atoms with E-state index >= 15 is 0 Å². The zero-order chi connectivity index (χ0) is 28.4. The Balaban J connectivity index is 2.05. The lowest BCUT2D eigenvalue weighted by Crippen LogP contribution is -2.51. The van der Waals surface area contributed by atoms with Crippen LogP contribution in [0.25, 0.3) is 0 Å². The standard InChI is InChI=1S/C29H35N3O6S/c1-5-30-29(34)22(3)31(20-23-16-18-24(37-4)19-17-23)28(33)21-32(26-14-10-11-15-27(26)38-6-2)39(35,36)25-12-8-7-9-13-25/h7-19,22H,5-6,20-21H2,1-4H3,(H,30,34)/t22-/m0/s1. The van der Waals surface area contributed by atoms with Crippen molar-refractivity contribution >= 4 is 27.5 Å². The summed E-state index contributed by atoms with van der Waals surface area (Å²) in [6.07, 6.45) is 0. The summed E-state index contributed by atoms with van der Waals surface area (Å²) in [6, 6.07) is 20.8. The molecule has 0 bridgehead atoms. The number of carbonyl (C=O) groups is 2. The van der Waals surface area contributed by atoms with Gasteiger partial charge in [-0.25, -0.2) is 8.42 Å². The van der Waals surface area contributed by atoms with Gasteiger partial charge in [-0.2, -0.15) is 0 Å². The summed E-state index contributed by atoms with van der Waals surface area (Å²) in [5.74, 6) is 0.0915. The molecule has 3 rings (SSSR count). The Kier molecular flexibility index (Phi) is 10.3. The largest absolute Gasteiger partial charge is 0.497 e. The van der Waals surface area contributed by atoms with E-state index in [2.05, 4.69) is 5.32 Å². The molecule has 39 heavy (non-hydrogen) atoms. The highest BCUT2D eigenvalue weighted by Crippen LogP contribution is 2.33. The number of nitrogens with one attached hydrogen (secondary N) is 1. The summed E-state index contributed by atoms with van der Waals surface area (Å²) < 4.78 is 39.8. The smallest absolute Gasteiger partial charge is 0.264 e. The number of likely N-dealkylation sites (N-methyl/N-ethyl adjacent to an activating group) is 1. The third-order valence-electron chi connectivity index (χ3n) is 6.07. The summed E-state index contributed by atoms with van der Waals surface area (Å²) in [5, 5.41) is 2.75. The second kappa shape index (κ2) is 13.7. The molecule has 0 saturated carbocycles. The molecule has 10 heteroatoms. The average Bonchev–Trinajstić information content (AvgIpc) is 2.95. The molecule has 2 amide bonds. The predicted octanol–water partition coefficient (Wildman–Crippen LogP) is 3.84. The minimum absolute atomic E-state index is 0.0302. The number of rotatable bonds is 13. The fourth-order valence-electron chi connectivity index (χ4n) is 4.01. The van der Waals surface area contributed by atoms with Crippen molar-refractivity contribution in [1.29, 1.82) is 0 Å². The van der Waals surface area contributed by atoms with Crippen LogP contribution in [0.15, 0.2) is 83.8 Å². The van der Waals surface area contributed by atoms with Gasteiger partial charge in [-0.15, -0.1) is 0 Å². The second-order valence-corrected chi connectivity index (χ2v) is 10.5. The molecule has 0 spiro atoms. The monoisotopic (exact) mass is 553 g/mol. The van der Waals surface area contributed by atoms with Gasteiger partial charge in [0.2, 0.25) is 11.8 Å². The molecule has 3 aromatic rings. The number of nitrogens with zero attached hydrogens (tertiary/aromatic N) is 2. The van der Waals surface area contributed by atoms with Crippen LogP contribution in [0, 0.1) is 0 Å². The van der Waals surface area contributed by atoms with E-state index in [1.54, 1.807) is 94.6 Å². The van der Waals surface area contributed by atoms with Crippen LogP contribution < -0.4 is 19.1 Å². The van der Waals surface area contributed by atoms with Crippen molar-refractivity contribution in [2.75, 3.05) is 31.1 Å². The van der Waals surface area contributed by atoms with Gasteiger partial charge in [0.15, 0.2) is 0 Å². The van der Waals surface area contributed by atoms with Gasteiger partial charge in [-0.3, -0.25) is 13.9 Å². The maximum absolute atomic E-state index is 13.9. The number of anilines is 1. The van der Waals surface area contributed by atoms with Crippen molar-refractivity contribution in [2.45, 2.75) is 38.3 Å². The van der Waals surface area contributed by atoms with Crippen molar-refractivity contribution in [3.05, 3.63) is 84.4 Å². The van der Waals surface area contributed by atoms with E-state index in [0.717, 1.165) is 9.87 Å². The summed E-state index contributed by atoms with van der Waals surface area (Å²) >= 11 is 0. The Labute approximate surface area is 230 Å². The molecule has 208 valence electrons. The molecule has 0 aliphatic carbocycles. The number of para-hydroxylation sites is 2. The second-order valence-electron chi connectivity index (χ2n) is 8.67. The first-order valence-corrected chi connectivity index (χ1v) is 14.2. The molecule has 0 fully saturated rings. The van der Waals surface area contributed by atoms with Crippen molar-refractivity contribution in [1.82, 2.24) is 10.2 Å². The fraction of sp³-hybridized carbons (Fsp3) is 0.310. The fourth-order valence-corrected chi connectivity index (χ4v) is 5.45. The van der Waals surface area contributed by atoms with Gasteiger partial charge in [0.05, 0.1) is 24.3 Å². The molecule has 0 heterocycles. The molecular formula is C29H35N3O6S. The van der Waals surface area contributed by atoms with Crippen LogP contribution in [0.5, 0.6) is 11.5 Å². The van der Waals surface area contributed by atoms with E-state index < -0.39 is 28.5 Å². The number of hydrogen-bond acceptors (Lipinski definition) is 6. The number of sulfonamides is 1. The number of hydrogen-bond donors (Lipinski definition) is 1. The number of methoxy groups -OCH3 is 1. The van der Waals surface area contributed by atoms with Crippen molar-refractivity contribution in [3.63, 3.8) is 0 Å². The van der Waals surface area contributed by atoms with Gasteiger partial charge in [0.25, 0.3) is 10.0 Å². The first-order chi connectivity index (χ1) is 18.7. The van der Waals surface area contributed by atoms with Crippen LogP contribution in [0.1, 0.15) is 26.3 Å². The van der Waals surface area contributed by atoms with Crippen LogP contribution in [0.2, 0.25) is 0 Å². The molecule has 0 saturated heterocycles. The first kappa shape index (κ1) is 29.5. The van der Waals surface area contributed by atoms with E-state index in [4.69, 9.17) is 9.47 Å². The van der Waals surface area contributed by atoms with Gasteiger partial charge in [-0.05, 0) is 62.7 Å². The van der Waals surface area contributed by atoms with E-state index in [-0.39, 0.29) is 23.0 Å². The van der Waals surface area contributed by atoms with Crippen molar-refractivity contribution in [2.24, 2.45) is 0 Å². The first-order valence-electron chi connectivity index (χ1n) is 12.7. The van der Waals surface area contributed by atoms with Gasteiger partial charge < -0.3 is 19.7 Å². The van der Waals surface area contributed by atoms with Crippen molar-refractivity contribution < 1.29 is 27.5 Å². The molecule has 0 unspecified atom stereocenters. The van der Waals surface area contributed by atoms with E-state index in [1.807, 2.05) is 0 Å². The van der Waals surface area contributed by atoms with Crippen LogP contribution in [-0.2, 0) is 26.2 Å². The van der Waals surface area contributed by atoms with E-state index in [1.165, 1.54) is 17.0 Å².